The minimum absolute atomic E-state index is 0.187. The minimum atomic E-state index is 0.187. The van der Waals surface area contributed by atoms with Gasteiger partial charge in [-0.25, -0.2) is 0 Å². The van der Waals surface area contributed by atoms with Gasteiger partial charge >= 0.3 is 0 Å². The number of hydrogen-bond donors (Lipinski definition) is 2. The summed E-state index contributed by atoms with van der Waals surface area (Å²) in [4.78, 5) is 0. The molecule has 0 aliphatic heterocycles. The molecule has 0 amide bonds. The Hall–Kier alpha value is -1.02. The van der Waals surface area contributed by atoms with Gasteiger partial charge in [-0.2, -0.15) is 0 Å². The van der Waals surface area contributed by atoms with Crippen LogP contribution in [-0.4, -0.2) is 10.6 Å². The number of hydrogen-bond acceptors (Lipinski definition) is 2. The third-order valence-electron chi connectivity index (χ3n) is 2.58. The molecule has 0 aromatic heterocycles. The highest BCUT2D eigenvalue weighted by Crippen LogP contribution is 2.13. The maximum Gasteiger partial charge on any atom is 0.115 e. The van der Waals surface area contributed by atoms with Crippen LogP contribution in [0.5, 0.6) is 5.75 Å². The highest BCUT2D eigenvalue weighted by molar-refractivity contribution is 5.25. The van der Waals surface area contributed by atoms with Crippen LogP contribution in [-0.2, 0) is 6.54 Å². The summed E-state index contributed by atoms with van der Waals surface area (Å²) in [6, 6.07) is 7.35. The lowest BCUT2D eigenvalue weighted by atomic mass is 9.98. The Balaban J connectivity index is 2.46. The van der Waals surface area contributed by atoms with Gasteiger partial charge in [0, 0.05) is 12.1 Å². The zero-order chi connectivity index (χ0) is 11.3. The molecular weight excluding hydrogens is 186 g/mol. The Morgan fingerprint density at radius 1 is 1.20 bits per heavy atom. The van der Waals surface area contributed by atoms with Gasteiger partial charge < -0.3 is 10.4 Å². The molecule has 0 saturated heterocycles. The van der Waals surface area contributed by atoms with Crippen molar-refractivity contribution >= 4 is 0 Å². The highest BCUT2D eigenvalue weighted by atomic mass is 16.3. The van der Waals surface area contributed by atoms with Crippen LogP contribution in [0.15, 0.2) is 24.3 Å². The van der Waals surface area contributed by atoms with Crippen LogP contribution >= 0.6 is 0 Å². The van der Waals surface area contributed by atoms with Crippen LogP contribution < -0.4 is 5.32 Å². The van der Waals surface area contributed by atoms with Crippen LogP contribution in [0.1, 0.15) is 39.2 Å². The lowest BCUT2D eigenvalue weighted by Gasteiger charge is -2.25. The minimum Gasteiger partial charge on any atom is -0.508 e. The fourth-order valence-corrected chi connectivity index (χ4v) is 1.67. The number of nitrogens with one attached hydrogen (secondary N) is 1. The van der Waals surface area contributed by atoms with Gasteiger partial charge in [0.2, 0.25) is 0 Å². The predicted octanol–water partition coefficient (Wildman–Crippen LogP) is 3.06. The van der Waals surface area contributed by atoms with E-state index in [0.29, 0.717) is 5.75 Å². The smallest absolute Gasteiger partial charge is 0.115 e. The molecule has 2 heteroatoms. The van der Waals surface area contributed by atoms with E-state index >= 15 is 0 Å². The summed E-state index contributed by atoms with van der Waals surface area (Å²) in [5, 5.41) is 12.7. The highest BCUT2D eigenvalue weighted by Gasteiger charge is 2.14. The SMILES string of the molecule is CCCC(C)(C)NCc1ccc(O)cc1. The molecule has 15 heavy (non-hydrogen) atoms. The van der Waals surface area contributed by atoms with Crippen LogP contribution in [0.2, 0.25) is 0 Å². The van der Waals surface area contributed by atoms with E-state index in [2.05, 4.69) is 26.1 Å². The Labute approximate surface area is 92.3 Å². The first-order valence-corrected chi connectivity index (χ1v) is 5.56. The van der Waals surface area contributed by atoms with Crippen LogP contribution in [0, 0.1) is 0 Å². The third-order valence-corrected chi connectivity index (χ3v) is 2.58. The second-order valence-corrected chi connectivity index (χ2v) is 4.65. The third kappa shape index (κ3) is 4.34. The number of phenolic OH excluding ortho intramolecular Hbond substituents is 1. The summed E-state index contributed by atoms with van der Waals surface area (Å²) in [5.74, 6) is 0.326. The van der Waals surface area contributed by atoms with Gasteiger partial charge in [0.25, 0.3) is 0 Å². The van der Waals surface area contributed by atoms with E-state index in [9.17, 15) is 0 Å². The molecule has 0 atom stereocenters. The lowest BCUT2D eigenvalue weighted by molar-refractivity contribution is 0.357. The van der Waals surface area contributed by atoms with Gasteiger partial charge in [0.05, 0.1) is 0 Å². The molecule has 84 valence electrons. The van der Waals surface area contributed by atoms with Crippen molar-refractivity contribution in [3.8, 4) is 5.75 Å². The van der Waals surface area contributed by atoms with E-state index in [0.717, 1.165) is 6.54 Å². The van der Waals surface area contributed by atoms with E-state index in [4.69, 9.17) is 5.11 Å². The maximum atomic E-state index is 9.15. The predicted molar refractivity (Wildman–Crippen MR) is 63.9 cm³/mol. The topological polar surface area (TPSA) is 32.3 Å². The van der Waals surface area contributed by atoms with Crippen LogP contribution in [0.3, 0.4) is 0 Å². The van der Waals surface area contributed by atoms with Crippen molar-refractivity contribution in [1.29, 1.82) is 0 Å². The molecule has 0 aliphatic carbocycles. The largest absolute Gasteiger partial charge is 0.508 e. The zero-order valence-corrected chi connectivity index (χ0v) is 9.88. The first kappa shape index (κ1) is 12.1. The Bertz CT molecular complexity index is 290. The quantitative estimate of drug-likeness (QED) is 0.777. The molecule has 0 heterocycles. The van der Waals surface area contributed by atoms with Gasteiger partial charge in [-0.05, 0) is 38.0 Å². The van der Waals surface area contributed by atoms with Crippen molar-refractivity contribution in [3.63, 3.8) is 0 Å². The Morgan fingerprint density at radius 3 is 2.33 bits per heavy atom. The Kier molecular flexibility index (Phi) is 4.15. The van der Waals surface area contributed by atoms with E-state index in [1.54, 1.807) is 12.1 Å². The second kappa shape index (κ2) is 5.17. The molecule has 0 radical (unpaired) electrons. The molecule has 0 bridgehead atoms. The van der Waals surface area contributed by atoms with Gasteiger partial charge in [0.1, 0.15) is 5.75 Å². The normalized spacial score (nSPS) is 11.7. The molecule has 0 spiro atoms. The summed E-state index contributed by atoms with van der Waals surface area (Å²) < 4.78 is 0. The van der Waals surface area contributed by atoms with Gasteiger partial charge in [-0.3, -0.25) is 0 Å². The van der Waals surface area contributed by atoms with Crippen molar-refractivity contribution in [3.05, 3.63) is 29.8 Å². The maximum absolute atomic E-state index is 9.15. The van der Waals surface area contributed by atoms with Crippen molar-refractivity contribution in [1.82, 2.24) is 5.32 Å². The molecule has 0 fully saturated rings. The fourth-order valence-electron chi connectivity index (χ4n) is 1.67. The van der Waals surface area contributed by atoms with E-state index < -0.39 is 0 Å². The van der Waals surface area contributed by atoms with E-state index in [1.165, 1.54) is 18.4 Å². The molecular formula is C13H21NO. The average Bonchev–Trinajstić information content (AvgIpc) is 2.17. The standard InChI is InChI=1S/C13H21NO/c1-4-9-13(2,3)14-10-11-5-7-12(15)8-6-11/h5-8,14-15H,4,9-10H2,1-3H3. The summed E-state index contributed by atoms with van der Waals surface area (Å²) in [5.41, 5.74) is 1.39. The van der Waals surface area contributed by atoms with Crippen molar-refractivity contribution in [2.75, 3.05) is 0 Å². The fraction of sp³-hybridized carbons (Fsp3) is 0.538. The van der Waals surface area contributed by atoms with Gasteiger partial charge in [-0.1, -0.05) is 25.5 Å². The number of benzene rings is 1. The summed E-state index contributed by atoms with van der Waals surface area (Å²) in [6.45, 7) is 7.49. The summed E-state index contributed by atoms with van der Waals surface area (Å²) in [7, 11) is 0. The van der Waals surface area contributed by atoms with E-state index in [1.807, 2.05) is 12.1 Å². The van der Waals surface area contributed by atoms with Gasteiger partial charge in [0.15, 0.2) is 0 Å². The van der Waals surface area contributed by atoms with Crippen LogP contribution in [0.25, 0.3) is 0 Å². The number of aromatic hydroxyl groups is 1. The summed E-state index contributed by atoms with van der Waals surface area (Å²) >= 11 is 0. The lowest BCUT2D eigenvalue weighted by Crippen LogP contribution is -2.38. The first-order chi connectivity index (χ1) is 7.03. The average molecular weight is 207 g/mol. The monoisotopic (exact) mass is 207 g/mol. The first-order valence-electron chi connectivity index (χ1n) is 5.56. The van der Waals surface area contributed by atoms with Crippen molar-refractivity contribution < 1.29 is 5.11 Å². The van der Waals surface area contributed by atoms with Gasteiger partial charge in [-0.15, -0.1) is 0 Å². The molecule has 0 unspecified atom stereocenters. The molecule has 0 saturated carbocycles. The van der Waals surface area contributed by atoms with Crippen LogP contribution in [0.4, 0.5) is 0 Å². The molecule has 1 aromatic carbocycles. The molecule has 2 nitrogen and oxygen atoms in total. The summed E-state index contributed by atoms with van der Waals surface area (Å²) in [6.07, 6.45) is 2.36. The Morgan fingerprint density at radius 2 is 1.80 bits per heavy atom. The van der Waals surface area contributed by atoms with Crippen molar-refractivity contribution in [2.24, 2.45) is 0 Å². The van der Waals surface area contributed by atoms with Crippen molar-refractivity contribution in [2.45, 2.75) is 45.7 Å². The number of rotatable bonds is 5. The van der Waals surface area contributed by atoms with E-state index in [-0.39, 0.29) is 5.54 Å². The second-order valence-electron chi connectivity index (χ2n) is 4.65. The number of phenols is 1. The molecule has 0 aliphatic rings. The molecule has 1 rings (SSSR count). The zero-order valence-electron chi connectivity index (χ0n) is 9.88. The molecule has 2 N–H and O–H groups in total. The molecule has 1 aromatic rings.